The van der Waals surface area contributed by atoms with Crippen LogP contribution in [0.25, 0.3) is 10.9 Å². The maximum Gasteiger partial charge on any atom is 0.268 e. The molecule has 2 heterocycles. The number of rotatable bonds is 2. The van der Waals surface area contributed by atoms with Gasteiger partial charge in [-0.25, -0.2) is 4.39 Å². The van der Waals surface area contributed by atoms with E-state index in [1.165, 1.54) is 12.1 Å². The smallest absolute Gasteiger partial charge is 0.268 e. The molecule has 1 aromatic heterocycles. The number of aryl methyl sites for hydroxylation is 1. The molecule has 0 radical (unpaired) electrons. The van der Waals surface area contributed by atoms with Crippen molar-refractivity contribution in [3.8, 4) is 0 Å². The molecular formula is C15H17FN2O2. The van der Waals surface area contributed by atoms with Crippen molar-refractivity contribution in [2.45, 2.75) is 19.9 Å². The number of hydrogen-bond acceptors (Lipinski definition) is 2. The van der Waals surface area contributed by atoms with Gasteiger partial charge in [0.1, 0.15) is 11.5 Å². The fourth-order valence-electron chi connectivity index (χ4n) is 2.62. The highest BCUT2D eigenvalue weighted by molar-refractivity contribution is 6.01. The van der Waals surface area contributed by atoms with Crippen LogP contribution in [0.1, 0.15) is 23.0 Å². The molecule has 0 spiro atoms. The third-order valence-electron chi connectivity index (χ3n) is 3.93. The Labute approximate surface area is 116 Å². The monoisotopic (exact) mass is 276 g/mol. The largest absolute Gasteiger partial charge is 0.379 e. The highest BCUT2D eigenvalue weighted by Gasteiger charge is 2.27. The van der Waals surface area contributed by atoms with Gasteiger partial charge in [-0.1, -0.05) is 6.92 Å². The van der Waals surface area contributed by atoms with Gasteiger partial charge in [0.15, 0.2) is 0 Å². The Balaban J connectivity index is 1.89. The Bertz CT molecular complexity index is 665. The van der Waals surface area contributed by atoms with E-state index in [4.69, 9.17) is 4.74 Å². The molecule has 2 atom stereocenters. The van der Waals surface area contributed by atoms with E-state index in [2.05, 4.69) is 10.3 Å². The molecule has 0 saturated carbocycles. The average molecular weight is 276 g/mol. The number of fused-ring (bicyclic) bond motifs is 1. The van der Waals surface area contributed by atoms with Gasteiger partial charge in [0.25, 0.3) is 5.91 Å². The Hall–Kier alpha value is -1.88. The van der Waals surface area contributed by atoms with E-state index >= 15 is 0 Å². The summed E-state index contributed by atoms with van der Waals surface area (Å²) in [6.45, 7) is 5.12. The number of ether oxygens (including phenoxy) is 1. The number of benzene rings is 1. The molecule has 1 saturated heterocycles. The van der Waals surface area contributed by atoms with Crippen LogP contribution in [0.2, 0.25) is 0 Å². The van der Waals surface area contributed by atoms with Crippen LogP contribution in [0.5, 0.6) is 0 Å². The summed E-state index contributed by atoms with van der Waals surface area (Å²) < 4.78 is 18.6. The maximum absolute atomic E-state index is 13.2. The predicted octanol–water partition coefficient (Wildman–Crippen LogP) is 2.38. The van der Waals surface area contributed by atoms with Crippen LogP contribution < -0.4 is 5.32 Å². The van der Waals surface area contributed by atoms with Crippen LogP contribution in [0.4, 0.5) is 4.39 Å². The zero-order chi connectivity index (χ0) is 14.3. The van der Waals surface area contributed by atoms with Gasteiger partial charge in [-0.05, 0) is 30.7 Å². The summed E-state index contributed by atoms with van der Waals surface area (Å²) in [6, 6.07) is 4.53. The number of hydrogen-bond donors (Lipinski definition) is 2. The van der Waals surface area contributed by atoms with Gasteiger partial charge in [-0.15, -0.1) is 0 Å². The number of aromatic amines is 1. The summed E-state index contributed by atoms with van der Waals surface area (Å²) in [7, 11) is 0. The minimum atomic E-state index is -0.316. The summed E-state index contributed by atoms with van der Waals surface area (Å²) in [5.41, 5.74) is 1.97. The number of halogens is 1. The van der Waals surface area contributed by atoms with Crippen LogP contribution in [-0.2, 0) is 4.74 Å². The quantitative estimate of drug-likeness (QED) is 0.885. The molecule has 1 aromatic carbocycles. The van der Waals surface area contributed by atoms with Gasteiger partial charge in [0, 0.05) is 16.8 Å². The standard InChI is InChI=1S/C15H17FN2O2/c1-8-6-20-7-13(8)18-15(19)14-9(2)11-4-3-10(16)5-12(11)17-14/h3-5,8,13,17H,6-7H2,1-2H3,(H,18,19). The van der Waals surface area contributed by atoms with Crippen LogP contribution in [0.15, 0.2) is 18.2 Å². The van der Waals surface area contributed by atoms with Gasteiger partial charge in [0.2, 0.25) is 0 Å². The average Bonchev–Trinajstić information content (AvgIpc) is 2.94. The first-order valence-electron chi connectivity index (χ1n) is 6.72. The van der Waals surface area contributed by atoms with E-state index in [-0.39, 0.29) is 17.8 Å². The SMILES string of the molecule is Cc1c(C(=O)NC2COCC2C)[nH]c2cc(F)ccc12. The molecule has 2 N–H and O–H groups in total. The third kappa shape index (κ3) is 2.18. The van der Waals surface area contributed by atoms with Gasteiger partial charge in [-0.2, -0.15) is 0 Å². The molecule has 106 valence electrons. The highest BCUT2D eigenvalue weighted by atomic mass is 19.1. The number of amides is 1. The molecule has 2 unspecified atom stereocenters. The van der Waals surface area contributed by atoms with Crippen molar-refractivity contribution in [3.05, 3.63) is 35.3 Å². The van der Waals surface area contributed by atoms with E-state index in [0.717, 1.165) is 10.9 Å². The van der Waals surface area contributed by atoms with Gasteiger partial charge in [-0.3, -0.25) is 4.79 Å². The molecule has 20 heavy (non-hydrogen) atoms. The molecule has 1 amide bonds. The topological polar surface area (TPSA) is 54.1 Å². The Morgan fingerprint density at radius 2 is 2.25 bits per heavy atom. The first-order chi connectivity index (χ1) is 9.56. The van der Waals surface area contributed by atoms with Crippen molar-refractivity contribution < 1.29 is 13.9 Å². The summed E-state index contributed by atoms with van der Waals surface area (Å²) >= 11 is 0. The van der Waals surface area contributed by atoms with E-state index in [1.54, 1.807) is 6.07 Å². The molecule has 2 aromatic rings. The lowest BCUT2D eigenvalue weighted by Crippen LogP contribution is -2.39. The highest BCUT2D eigenvalue weighted by Crippen LogP contribution is 2.23. The van der Waals surface area contributed by atoms with Gasteiger partial charge < -0.3 is 15.0 Å². The molecule has 4 nitrogen and oxygen atoms in total. The first-order valence-corrected chi connectivity index (χ1v) is 6.72. The molecular weight excluding hydrogens is 259 g/mol. The number of carbonyl (C=O) groups excluding carboxylic acids is 1. The van der Waals surface area contributed by atoms with E-state index in [0.29, 0.717) is 30.3 Å². The second kappa shape index (κ2) is 4.90. The summed E-state index contributed by atoms with van der Waals surface area (Å²) in [5.74, 6) is -0.175. The van der Waals surface area contributed by atoms with Gasteiger partial charge in [0.05, 0.1) is 19.3 Å². The van der Waals surface area contributed by atoms with Crippen molar-refractivity contribution in [1.82, 2.24) is 10.3 Å². The number of nitrogens with one attached hydrogen (secondary N) is 2. The van der Waals surface area contributed by atoms with Crippen LogP contribution in [0, 0.1) is 18.7 Å². The lowest BCUT2D eigenvalue weighted by molar-refractivity contribution is 0.0921. The molecule has 1 aliphatic rings. The third-order valence-corrected chi connectivity index (χ3v) is 3.93. The summed E-state index contributed by atoms with van der Waals surface area (Å²) in [5, 5.41) is 3.84. The van der Waals surface area contributed by atoms with Crippen LogP contribution in [0.3, 0.4) is 0 Å². The van der Waals surface area contributed by atoms with E-state index in [9.17, 15) is 9.18 Å². The zero-order valence-corrected chi connectivity index (χ0v) is 11.5. The van der Waals surface area contributed by atoms with Crippen LogP contribution in [-0.4, -0.2) is 30.1 Å². The predicted molar refractivity (Wildman–Crippen MR) is 74.2 cm³/mol. The van der Waals surface area contributed by atoms with Crippen molar-refractivity contribution in [1.29, 1.82) is 0 Å². The van der Waals surface area contributed by atoms with Crippen molar-refractivity contribution in [2.24, 2.45) is 5.92 Å². The summed E-state index contributed by atoms with van der Waals surface area (Å²) in [6.07, 6.45) is 0. The fraction of sp³-hybridized carbons (Fsp3) is 0.400. The number of carbonyl (C=O) groups is 1. The Kier molecular flexibility index (Phi) is 3.22. The van der Waals surface area contributed by atoms with Crippen molar-refractivity contribution >= 4 is 16.8 Å². The molecule has 0 bridgehead atoms. The van der Waals surface area contributed by atoms with Crippen molar-refractivity contribution in [2.75, 3.05) is 13.2 Å². The number of aromatic nitrogens is 1. The van der Waals surface area contributed by atoms with Gasteiger partial charge >= 0.3 is 0 Å². The Morgan fingerprint density at radius 3 is 2.95 bits per heavy atom. The molecule has 1 aliphatic heterocycles. The summed E-state index contributed by atoms with van der Waals surface area (Å²) in [4.78, 5) is 15.3. The lowest BCUT2D eigenvalue weighted by Gasteiger charge is -2.14. The molecule has 3 rings (SSSR count). The van der Waals surface area contributed by atoms with E-state index < -0.39 is 0 Å². The Morgan fingerprint density at radius 1 is 1.45 bits per heavy atom. The van der Waals surface area contributed by atoms with Crippen LogP contribution >= 0.6 is 0 Å². The second-order valence-corrected chi connectivity index (χ2v) is 5.41. The van der Waals surface area contributed by atoms with Crippen molar-refractivity contribution in [3.63, 3.8) is 0 Å². The molecule has 5 heteroatoms. The molecule has 0 aliphatic carbocycles. The lowest BCUT2D eigenvalue weighted by atomic mass is 10.1. The molecule has 1 fully saturated rings. The van der Waals surface area contributed by atoms with E-state index in [1.807, 2.05) is 13.8 Å². The number of H-pyrrole nitrogens is 1. The fourth-order valence-corrected chi connectivity index (χ4v) is 2.62. The first kappa shape index (κ1) is 13.1. The zero-order valence-electron chi connectivity index (χ0n) is 11.5. The maximum atomic E-state index is 13.2. The normalized spacial score (nSPS) is 22.4. The second-order valence-electron chi connectivity index (χ2n) is 5.41. The minimum Gasteiger partial charge on any atom is -0.379 e. The minimum absolute atomic E-state index is 0.0325.